The summed E-state index contributed by atoms with van der Waals surface area (Å²) in [6, 6.07) is 4.57. The highest BCUT2D eigenvalue weighted by Gasteiger charge is 2.34. The summed E-state index contributed by atoms with van der Waals surface area (Å²) in [6.45, 7) is 5.44. The molecule has 0 aliphatic heterocycles. The van der Waals surface area contributed by atoms with Gasteiger partial charge in [0.25, 0.3) is 0 Å². The number of hydrogen-bond donors (Lipinski definition) is 2. The molecule has 82 valence electrons. The van der Waals surface area contributed by atoms with E-state index in [1.54, 1.807) is 19.9 Å². The minimum Gasteiger partial charge on any atom is -0.480 e. The standard InChI is InChI=1S/C11H16N2O2/c1-7-5-4-6-8(13-7)11(2,3)9(12)10(14)15/h4-6,9H,12H2,1-3H3,(H,14,15). The summed E-state index contributed by atoms with van der Waals surface area (Å²) < 4.78 is 0. The molecule has 0 aliphatic rings. The van der Waals surface area contributed by atoms with Crippen molar-refractivity contribution in [3.63, 3.8) is 0 Å². The van der Waals surface area contributed by atoms with Crippen LogP contribution in [0.1, 0.15) is 25.2 Å². The second-order valence-corrected chi connectivity index (χ2v) is 4.20. The van der Waals surface area contributed by atoms with Crippen molar-refractivity contribution >= 4 is 5.97 Å². The molecule has 4 heteroatoms. The Hall–Kier alpha value is -1.42. The summed E-state index contributed by atoms with van der Waals surface area (Å²) in [5.41, 5.74) is 6.53. The number of hydrogen-bond acceptors (Lipinski definition) is 3. The molecule has 1 rings (SSSR count). The maximum absolute atomic E-state index is 10.9. The number of nitrogens with two attached hydrogens (primary N) is 1. The molecular weight excluding hydrogens is 192 g/mol. The Bertz CT molecular complexity index is 375. The van der Waals surface area contributed by atoms with Crippen LogP contribution in [-0.4, -0.2) is 22.1 Å². The molecule has 0 aromatic carbocycles. The van der Waals surface area contributed by atoms with Gasteiger partial charge < -0.3 is 10.8 Å². The van der Waals surface area contributed by atoms with E-state index in [0.29, 0.717) is 5.69 Å². The molecule has 0 saturated carbocycles. The average Bonchev–Trinajstić information content (AvgIpc) is 2.16. The molecular formula is C11H16N2O2. The summed E-state index contributed by atoms with van der Waals surface area (Å²) in [5.74, 6) is -1.01. The Kier molecular flexibility index (Phi) is 3.09. The van der Waals surface area contributed by atoms with E-state index >= 15 is 0 Å². The van der Waals surface area contributed by atoms with Gasteiger partial charge in [0.05, 0.1) is 0 Å². The fraction of sp³-hybridized carbons (Fsp3) is 0.455. The van der Waals surface area contributed by atoms with Crippen molar-refractivity contribution < 1.29 is 9.90 Å². The Morgan fingerprint density at radius 3 is 2.60 bits per heavy atom. The van der Waals surface area contributed by atoms with Crippen molar-refractivity contribution in [2.24, 2.45) is 5.73 Å². The lowest BCUT2D eigenvalue weighted by atomic mass is 9.81. The van der Waals surface area contributed by atoms with Crippen LogP contribution in [0.3, 0.4) is 0 Å². The van der Waals surface area contributed by atoms with Gasteiger partial charge in [0.15, 0.2) is 0 Å². The number of carboxylic acids is 1. The van der Waals surface area contributed by atoms with Gasteiger partial charge in [-0.25, -0.2) is 0 Å². The zero-order valence-electron chi connectivity index (χ0n) is 9.19. The van der Waals surface area contributed by atoms with Gasteiger partial charge in [-0.3, -0.25) is 9.78 Å². The number of aliphatic carboxylic acids is 1. The molecule has 1 unspecified atom stereocenters. The molecule has 1 heterocycles. The number of carboxylic acid groups (broad SMARTS) is 1. The highest BCUT2D eigenvalue weighted by molar-refractivity contribution is 5.75. The average molecular weight is 208 g/mol. The summed E-state index contributed by atoms with van der Waals surface area (Å²) >= 11 is 0. The summed E-state index contributed by atoms with van der Waals surface area (Å²) in [6.07, 6.45) is 0. The molecule has 3 N–H and O–H groups in total. The molecule has 0 radical (unpaired) electrons. The number of pyridine rings is 1. The molecule has 1 aromatic rings. The molecule has 4 nitrogen and oxygen atoms in total. The fourth-order valence-electron chi connectivity index (χ4n) is 1.37. The van der Waals surface area contributed by atoms with Gasteiger partial charge in [0.2, 0.25) is 0 Å². The molecule has 0 bridgehead atoms. The molecule has 1 atom stereocenters. The molecule has 0 amide bonds. The van der Waals surface area contributed by atoms with Crippen LogP contribution in [0.4, 0.5) is 0 Å². The summed E-state index contributed by atoms with van der Waals surface area (Å²) in [5, 5.41) is 8.90. The van der Waals surface area contributed by atoms with Crippen molar-refractivity contribution in [2.75, 3.05) is 0 Å². The van der Waals surface area contributed by atoms with Crippen molar-refractivity contribution in [3.05, 3.63) is 29.6 Å². The van der Waals surface area contributed by atoms with Crippen LogP contribution < -0.4 is 5.73 Å². The topological polar surface area (TPSA) is 76.2 Å². The van der Waals surface area contributed by atoms with E-state index in [4.69, 9.17) is 10.8 Å². The van der Waals surface area contributed by atoms with Crippen molar-refractivity contribution in [1.29, 1.82) is 0 Å². The van der Waals surface area contributed by atoms with E-state index < -0.39 is 17.4 Å². The van der Waals surface area contributed by atoms with E-state index in [0.717, 1.165) is 5.69 Å². The van der Waals surface area contributed by atoms with Crippen molar-refractivity contribution in [2.45, 2.75) is 32.2 Å². The maximum atomic E-state index is 10.9. The largest absolute Gasteiger partial charge is 0.480 e. The van der Waals surface area contributed by atoms with Crippen LogP contribution in [0.5, 0.6) is 0 Å². The Morgan fingerprint density at radius 1 is 1.53 bits per heavy atom. The van der Waals surface area contributed by atoms with Crippen LogP contribution in [0.25, 0.3) is 0 Å². The van der Waals surface area contributed by atoms with Crippen LogP contribution in [-0.2, 0) is 10.2 Å². The third kappa shape index (κ3) is 2.33. The SMILES string of the molecule is Cc1cccc(C(C)(C)C(N)C(=O)O)n1. The van der Waals surface area contributed by atoms with Gasteiger partial charge in [-0.2, -0.15) is 0 Å². The second-order valence-electron chi connectivity index (χ2n) is 4.20. The Morgan fingerprint density at radius 2 is 2.13 bits per heavy atom. The highest BCUT2D eigenvalue weighted by atomic mass is 16.4. The van der Waals surface area contributed by atoms with Crippen molar-refractivity contribution in [3.8, 4) is 0 Å². The quantitative estimate of drug-likeness (QED) is 0.779. The maximum Gasteiger partial charge on any atom is 0.321 e. The van der Waals surface area contributed by atoms with Gasteiger partial charge in [-0.1, -0.05) is 19.9 Å². The van der Waals surface area contributed by atoms with E-state index in [1.165, 1.54) is 0 Å². The zero-order chi connectivity index (χ0) is 11.6. The van der Waals surface area contributed by atoms with Crippen LogP contribution in [0.2, 0.25) is 0 Å². The number of nitrogens with zero attached hydrogens (tertiary/aromatic N) is 1. The first-order valence-corrected chi connectivity index (χ1v) is 4.78. The van der Waals surface area contributed by atoms with E-state index in [1.807, 2.05) is 19.1 Å². The molecule has 0 aliphatic carbocycles. The lowest BCUT2D eigenvalue weighted by molar-refractivity contribution is -0.140. The summed E-state index contributed by atoms with van der Waals surface area (Å²) in [7, 11) is 0. The zero-order valence-corrected chi connectivity index (χ0v) is 9.19. The fourth-order valence-corrected chi connectivity index (χ4v) is 1.37. The molecule has 0 spiro atoms. The van der Waals surface area contributed by atoms with E-state index in [2.05, 4.69) is 4.98 Å². The first-order valence-electron chi connectivity index (χ1n) is 4.78. The Balaban J connectivity index is 3.10. The number of aryl methyl sites for hydroxylation is 1. The molecule has 0 fully saturated rings. The summed E-state index contributed by atoms with van der Waals surface area (Å²) in [4.78, 5) is 15.2. The Labute approximate surface area is 89.1 Å². The lowest BCUT2D eigenvalue weighted by Crippen LogP contribution is -2.47. The van der Waals surface area contributed by atoms with Crippen LogP contribution >= 0.6 is 0 Å². The van der Waals surface area contributed by atoms with Gasteiger partial charge in [0.1, 0.15) is 6.04 Å². The predicted molar refractivity (Wildman–Crippen MR) is 57.6 cm³/mol. The normalized spacial score (nSPS) is 13.6. The second kappa shape index (κ2) is 3.98. The minimum absolute atomic E-state index is 0.669. The molecule has 15 heavy (non-hydrogen) atoms. The van der Waals surface area contributed by atoms with Gasteiger partial charge in [0, 0.05) is 16.8 Å². The molecule has 1 aromatic heterocycles. The van der Waals surface area contributed by atoms with E-state index in [-0.39, 0.29) is 0 Å². The van der Waals surface area contributed by atoms with Gasteiger partial charge in [-0.15, -0.1) is 0 Å². The van der Waals surface area contributed by atoms with Crippen LogP contribution in [0.15, 0.2) is 18.2 Å². The predicted octanol–water partition coefficient (Wildman–Crippen LogP) is 1.08. The number of aromatic nitrogens is 1. The smallest absolute Gasteiger partial charge is 0.321 e. The van der Waals surface area contributed by atoms with Crippen molar-refractivity contribution in [1.82, 2.24) is 4.98 Å². The highest BCUT2D eigenvalue weighted by Crippen LogP contribution is 2.24. The number of carbonyl (C=O) groups is 1. The monoisotopic (exact) mass is 208 g/mol. The first-order chi connectivity index (χ1) is 6.85. The van der Waals surface area contributed by atoms with Crippen LogP contribution in [0, 0.1) is 6.92 Å². The first kappa shape index (κ1) is 11.7. The number of rotatable bonds is 3. The lowest BCUT2D eigenvalue weighted by Gasteiger charge is -2.28. The molecule has 0 saturated heterocycles. The third-order valence-corrected chi connectivity index (χ3v) is 2.59. The van der Waals surface area contributed by atoms with Gasteiger partial charge in [-0.05, 0) is 19.1 Å². The van der Waals surface area contributed by atoms with Gasteiger partial charge >= 0.3 is 5.97 Å². The minimum atomic E-state index is -1.01. The third-order valence-electron chi connectivity index (χ3n) is 2.59. The van der Waals surface area contributed by atoms with E-state index in [9.17, 15) is 4.79 Å².